The van der Waals surface area contributed by atoms with E-state index in [1.807, 2.05) is 30.0 Å². The Morgan fingerprint density at radius 2 is 1.86 bits per heavy atom. The molecule has 1 amide bonds. The highest BCUT2D eigenvalue weighted by molar-refractivity contribution is 7.89. The van der Waals surface area contributed by atoms with Crippen molar-refractivity contribution in [2.45, 2.75) is 31.2 Å². The molecule has 2 aliphatic rings. The van der Waals surface area contributed by atoms with Gasteiger partial charge in [0.1, 0.15) is 5.75 Å². The first kappa shape index (κ1) is 19.0. The largest absolute Gasteiger partial charge is 0.496 e. The number of sulfonamides is 1. The molecule has 0 aliphatic carbocycles. The zero-order valence-electron chi connectivity index (χ0n) is 16.3. The van der Waals surface area contributed by atoms with E-state index in [0.717, 1.165) is 17.5 Å². The van der Waals surface area contributed by atoms with Crippen molar-refractivity contribution in [1.29, 1.82) is 0 Å². The van der Waals surface area contributed by atoms with Crippen molar-refractivity contribution >= 4 is 15.9 Å². The van der Waals surface area contributed by atoms with Gasteiger partial charge in [-0.25, -0.2) is 8.42 Å². The Labute approximate surface area is 165 Å². The molecule has 4 rings (SSSR count). The Bertz CT molecular complexity index is 1050. The molecule has 0 aromatic heterocycles. The normalized spacial score (nSPS) is 19.9. The molecule has 2 aromatic carbocycles. The summed E-state index contributed by atoms with van der Waals surface area (Å²) in [5.74, 6) is 0.510. The number of aryl methyl sites for hydroxylation is 2. The third kappa shape index (κ3) is 2.99. The van der Waals surface area contributed by atoms with Crippen LogP contribution in [0, 0.1) is 13.8 Å². The summed E-state index contributed by atoms with van der Waals surface area (Å²) < 4.78 is 33.4. The van der Waals surface area contributed by atoms with Gasteiger partial charge in [0, 0.05) is 13.1 Å². The van der Waals surface area contributed by atoms with Crippen LogP contribution in [0.4, 0.5) is 0 Å². The van der Waals surface area contributed by atoms with Crippen LogP contribution in [0.15, 0.2) is 41.3 Å². The molecular formula is C21H24N2O4S. The number of ether oxygens (including phenoxy) is 1. The van der Waals surface area contributed by atoms with Crippen LogP contribution >= 0.6 is 0 Å². The van der Waals surface area contributed by atoms with Gasteiger partial charge < -0.3 is 9.64 Å². The van der Waals surface area contributed by atoms with Gasteiger partial charge in [0.2, 0.25) is 15.9 Å². The number of fused-ring (bicyclic) bond motifs is 3. The van der Waals surface area contributed by atoms with E-state index < -0.39 is 10.0 Å². The minimum atomic E-state index is -3.80. The number of hydrogen-bond donors (Lipinski definition) is 0. The van der Waals surface area contributed by atoms with E-state index in [-0.39, 0.29) is 29.9 Å². The highest BCUT2D eigenvalue weighted by Gasteiger charge is 2.41. The van der Waals surface area contributed by atoms with Crippen molar-refractivity contribution in [3.05, 3.63) is 58.7 Å². The Morgan fingerprint density at radius 1 is 1.11 bits per heavy atom. The molecule has 0 unspecified atom stereocenters. The Hall–Kier alpha value is -2.38. The minimum Gasteiger partial charge on any atom is -0.496 e. The molecule has 0 radical (unpaired) electrons. The predicted molar refractivity (Wildman–Crippen MR) is 106 cm³/mol. The molecule has 7 heteroatoms. The lowest BCUT2D eigenvalue weighted by atomic mass is 9.91. The van der Waals surface area contributed by atoms with E-state index in [4.69, 9.17) is 4.74 Å². The summed E-state index contributed by atoms with van der Waals surface area (Å²) in [5.41, 5.74) is 3.60. The number of nitrogens with zero attached hydrogens (tertiary/aromatic N) is 2. The summed E-state index contributed by atoms with van der Waals surface area (Å²) in [6.07, 6.45) is 0.807. The lowest BCUT2D eigenvalue weighted by molar-refractivity contribution is -0.138. The van der Waals surface area contributed by atoms with E-state index in [1.165, 1.54) is 9.87 Å². The van der Waals surface area contributed by atoms with Gasteiger partial charge in [-0.1, -0.05) is 24.3 Å². The summed E-state index contributed by atoms with van der Waals surface area (Å²) in [4.78, 5) is 14.8. The number of rotatable bonds is 3. The molecule has 1 atom stereocenters. The van der Waals surface area contributed by atoms with E-state index in [1.54, 1.807) is 26.2 Å². The molecule has 148 valence electrons. The molecule has 6 nitrogen and oxygen atoms in total. The van der Waals surface area contributed by atoms with Crippen LogP contribution in [0.5, 0.6) is 5.75 Å². The van der Waals surface area contributed by atoms with E-state index in [0.29, 0.717) is 17.9 Å². The van der Waals surface area contributed by atoms with Crippen LogP contribution in [0.3, 0.4) is 0 Å². The molecule has 0 spiro atoms. The summed E-state index contributed by atoms with van der Waals surface area (Å²) in [6, 6.07) is 11.1. The SMILES string of the molecule is COc1cc(C)c(S(=O)(=O)N2CC(=O)N3CCc4ccccc4[C@@H]3C2)cc1C. The fourth-order valence-electron chi connectivity index (χ4n) is 4.23. The van der Waals surface area contributed by atoms with Crippen molar-refractivity contribution in [3.63, 3.8) is 0 Å². The van der Waals surface area contributed by atoms with E-state index in [9.17, 15) is 13.2 Å². The minimum absolute atomic E-state index is 0.120. The summed E-state index contributed by atoms with van der Waals surface area (Å²) in [5, 5.41) is 0. The van der Waals surface area contributed by atoms with Crippen molar-refractivity contribution in [2.75, 3.05) is 26.7 Å². The van der Waals surface area contributed by atoms with Crippen molar-refractivity contribution in [2.24, 2.45) is 0 Å². The summed E-state index contributed by atoms with van der Waals surface area (Å²) in [7, 11) is -2.23. The number of methoxy groups -OCH3 is 1. The number of piperazine rings is 1. The quantitative estimate of drug-likeness (QED) is 0.794. The molecule has 28 heavy (non-hydrogen) atoms. The number of carbonyl (C=O) groups is 1. The Kier molecular flexibility index (Phi) is 4.67. The van der Waals surface area contributed by atoms with Crippen LogP contribution in [0.2, 0.25) is 0 Å². The van der Waals surface area contributed by atoms with Gasteiger partial charge in [-0.3, -0.25) is 4.79 Å². The van der Waals surface area contributed by atoms with E-state index >= 15 is 0 Å². The topological polar surface area (TPSA) is 66.9 Å². The Balaban J connectivity index is 1.73. The third-order valence-corrected chi connectivity index (χ3v) is 7.68. The molecular weight excluding hydrogens is 376 g/mol. The maximum atomic E-state index is 13.4. The zero-order valence-corrected chi connectivity index (χ0v) is 17.1. The molecule has 2 aliphatic heterocycles. The number of hydrogen-bond acceptors (Lipinski definition) is 4. The first-order valence-electron chi connectivity index (χ1n) is 9.35. The van der Waals surface area contributed by atoms with Crippen molar-refractivity contribution < 1.29 is 17.9 Å². The lowest BCUT2D eigenvalue weighted by Crippen LogP contribution is -2.55. The second-order valence-corrected chi connectivity index (χ2v) is 9.34. The van der Waals surface area contributed by atoms with Gasteiger partial charge in [-0.15, -0.1) is 0 Å². The number of amides is 1. The fourth-order valence-corrected chi connectivity index (χ4v) is 5.92. The monoisotopic (exact) mass is 400 g/mol. The Morgan fingerprint density at radius 3 is 2.61 bits per heavy atom. The van der Waals surface area contributed by atoms with Crippen LogP contribution in [-0.2, 0) is 21.2 Å². The summed E-state index contributed by atoms with van der Waals surface area (Å²) >= 11 is 0. The average molecular weight is 401 g/mol. The molecule has 1 fully saturated rings. The second-order valence-electron chi connectivity index (χ2n) is 7.44. The van der Waals surface area contributed by atoms with Crippen LogP contribution in [0.25, 0.3) is 0 Å². The highest BCUT2D eigenvalue weighted by atomic mass is 32.2. The standard InChI is InChI=1S/C21H24N2O4S/c1-14-11-20(15(2)10-19(14)27-3)28(25,26)22-12-18-17-7-5-4-6-16(17)8-9-23(18)21(24)13-22/h4-7,10-11,18H,8-9,12-13H2,1-3H3/t18-/m0/s1. The molecule has 0 saturated carbocycles. The average Bonchev–Trinajstić information content (AvgIpc) is 2.69. The smallest absolute Gasteiger partial charge is 0.243 e. The number of carbonyl (C=O) groups excluding carboxylic acids is 1. The predicted octanol–water partition coefficient (Wildman–Crippen LogP) is 2.44. The molecule has 0 bridgehead atoms. The summed E-state index contributed by atoms with van der Waals surface area (Å²) in [6.45, 7) is 4.36. The highest BCUT2D eigenvalue weighted by Crippen LogP contribution is 2.36. The van der Waals surface area contributed by atoms with Gasteiger partial charge in [-0.2, -0.15) is 4.31 Å². The molecule has 2 heterocycles. The van der Waals surface area contributed by atoms with Gasteiger partial charge in [0.15, 0.2) is 0 Å². The fraction of sp³-hybridized carbons (Fsp3) is 0.381. The molecule has 1 saturated heterocycles. The lowest BCUT2D eigenvalue weighted by Gasteiger charge is -2.44. The number of benzene rings is 2. The zero-order chi connectivity index (χ0) is 20.1. The first-order valence-corrected chi connectivity index (χ1v) is 10.8. The third-order valence-electron chi connectivity index (χ3n) is 5.73. The van der Waals surface area contributed by atoms with Gasteiger partial charge in [-0.05, 0) is 54.7 Å². The second kappa shape index (κ2) is 6.90. The first-order chi connectivity index (χ1) is 13.3. The molecule has 2 aromatic rings. The van der Waals surface area contributed by atoms with Crippen LogP contribution in [0.1, 0.15) is 28.3 Å². The van der Waals surface area contributed by atoms with Gasteiger partial charge in [0.05, 0.1) is 24.6 Å². The maximum absolute atomic E-state index is 13.4. The van der Waals surface area contributed by atoms with Gasteiger partial charge in [0.25, 0.3) is 0 Å². The van der Waals surface area contributed by atoms with Crippen molar-refractivity contribution in [3.8, 4) is 5.75 Å². The van der Waals surface area contributed by atoms with Crippen molar-refractivity contribution in [1.82, 2.24) is 9.21 Å². The molecule has 0 N–H and O–H groups in total. The van der Waals surface area contributed by atoms with E-state index in [2.05, 4.69) is 6.07 Å². The maximum Gasteiger partial charge on any atom is 0.243 e. The van der Waals surface area contributed by atoms with Crippen LogP contribution in [-0.4, -0.2) is 50.3 Å². The van der Waals surface area contributed by atoms with Crippen LogP contribution < -0.4 is 4.74 Å². The van der Waals surface area contributed by atoms with Gasteiger partial charge >= 0.3 is 0 Å².